The van der Waals surface area contributed by atoms with Gasteiger partial charge in [0.15, 0.2) is 0 Å². The number of nitrogens with one attached hydrogen (secondary N) is 1. The van der Waals surface area contributed by atoms with Crippen LogP contribution in [0, 0.1) is 0 Å². The summed E-state index contributed by atoms with van der Waals surface area (Å²) in [5.41, 5.74) is 0. The second-order valence-electron chi connectivity index (χ2n) is 19.0. The molecule has 0 rings (SSSR count). The predicted molar refractivity (Wildman–Crippen MR) is 287 cm³/mol. The molecule has 0 fully saturated rings. The Hall–Kier alpha value is -2.70. The van der Waals surface area contributed by atoms with Crippen molar-refractivity contribution in [2.24, 2.45) is 0 Å². The molecule has 0 saturated carbocycles. The molecule has 0 aromatic rings. The topological polar surface area (TPSA) is 95.9 Å². The molecule has 3 atom stereocenters. The lowest BCUT2D eigenvalue weighted by molar-refractivity contribution is -0.151. The van der Waals surface area contributed by atoms with E-state index in [1.807, 2.05) is 0 Å². The van der Waals surface area contributed by atoms with Crippen molar-refractivity contribution in [1.82, 2.24) is 5.32 Å². The van der Waals surface area contributed by atoms with Crippen LogP contribution in [0.2, 0.25) is 0 Å². The highest BCUT2D eigenvalue weighted by atomic mass is 16.5. The van der Waals surface area contributed by atoms with Crippen molar-refractivity contribution in [3.05, 3.63) is 72.9 Å². The second kappa shape index (κ2) is 53.3. The number of hydrogen-bond donors (Lipinski definition) is 3. The smallest absolute Gasteiger partial charge is 0.306 e. The second-order valence-corrected chi connectivity index (χ2v) is 19.0. The Morgan fingerprint density at radius 1 is 0.470 bits per heavy atom. The van der Waals surface area contributed by atoms with Gasteiger partial charge in [-0.15, -0.1) is 0 Å². The van der Waals surface area contributed by atoms with Crippen LogP contribution in [0.5, 0.6) is 0 Å². The van der Waals surface area contributed by atoms with Gasteiger partial charge in [-0.25, -0.2) is 0 Å². The van der Waals surface area contributed by atoms with Gasteiger partial charge in [0.1, 0.15) is 6.10 Å². The molecule has 382 valence electrons. The van der Waals surface area contributed by atoms with Crippen LogP contribution in [0.1, 0.15) is 271 Å². The molecule has 1 amide bonds. The van der Waals surface area contributed by atoms with Crippen LogP contribution in [0.4, 0.5) is 0 Å². The van der Waals surface area contributed by atoms with Crippen molar-refractivity contribution in [2.45, 2.75) is 289 Å². The van der Waals surface area contributed by atoms with E-state index < -0.39 is 18.2 Å². The third kappa shape index (κ3) is 47.8. The number of esters is 1. The van der Waals surface area contributed by atoms with E-state index in [0.29, 0.717) is 19.3 Å². The molecule has 0 aliphatic rings. The molecule has 0 bridgehead atoms. The summed E-state index contributed by atoms with van der Waals surface area (Å²) in [6, 6.07) is -0.715. The Balaban J connectivity index is 4.55. The molecule has 0 aromatic carbocycles. The third-order valence-electron chi connectivity index (χ3n) is 12.6. The Morgan fingerprint density at radius 2 is 0.879 bits per heavy atom. The van der Waals surface area contributed by atoms with Gasteiger partial charge in [0.25, 0.3) is 0 Å². The zero-order valence-electron chi connectivity index (χ0n) is 43.6. The average Bonchev–Trinajstić information content (AvgIpc) is 3.31. The molecule has 0 aliphatic carbocycles. The first kappa shape index (κ1) is 63.3. The fraction of sp³-hybridized carbons (Fsp3) is 0.767. The summed E-state index contributed by atoms with van der Waals surface area (Å²) < 4.78 is 5.93. The fourth-order valence-electron chi connectivity index (χ4n) is 8.36. The minimum absolute atomic E-state index is 0.0561. The molecule has 0 aromatic heterocycles. The maximum atomic E-state index is 13.2. The number of amides is 1. The van der Waals surface area contributed by atoms with E-state index in [0.717, 1.165) is 109 Å². The number of ether oxygens (including phenoxy) is 1. The van der Waals surface area contributed by atoms with E-state index in [1.54, 1.807) is 0 Å². The molecular formula is C60H107NO5. The Kier molecular flexibility index (Phi) is 51.1. The Labute approximate surface area is 409 Å². The Bertz CT molecular complexity index is 1220. The molecule has 66 heavy (non-hydrogen) atoms. The highest BCUT2D eigenvalue weighted by Gasteiger charge is 2.24. The van der Waals surface area contributed by atoms with Gasteiger partial charge in [-0.2, -0.15) is 0 Å². The molecule has 0 spiro atoms. The number of aliphatic hydroxyl groups is 2. The number of carbonyl (C=O) groups is 2. The number of rotatable bonds is 50. The molecule has 3 unspecified atom stereocenters. The van der Waals surface area contributed by atoms with Gasteiger partial charge in [-0.3, -0.25) is 9.59 Å². The standard InChI is InChI=1S/C60H107NO5/c1-4-7-10-13-16-19-22-25-27-29-31-33-35-38-41-44-47-50-53-60(65)66-56(51-48-45-42-39-36-24-21-18-15-12-9-6-3)54-59(64)61-57(55-62)58(63)52-49-46-43-40-37-34-32-30-28-26-23-20-17-14-11-8-5-2/h9,12,16,18-19,21-22,25,27,29,31,33,56-58,62-63H,4-8,10-11,13-15,17,20,23-24,26,28,30,32,34-55H2,1-3H3,(H,61,64)/b12-9+,19-16+,21-18+,25-22+,29-27+,33-31+. The maximum absolute atomic E-state index is 13.2. The largest absolute Gasteiger partial charge is 0.462 e. The fourth-order valence-corrected chi connectivity index (χ4v) is 8.36. The van der Waals surface area contributed by atoms with Gasteiger partial charge in [0.2, 0.25) is 5.91 Å². The summed E-state index contributed by atoms with van der Waals surface area (Å²) >= 11 is 0. The van der Waals surface area contributed by atoms with E-state index in [9.17, 15) is 19.8 Å². The van der Waals surface area contributed by atoms with Gasteiger partial charge in [-0.1, -0.05) is 254 Å². The molecule has 0 saturated heterocycles. The summed E-state index contributed by atoms with van der Waals surface area (Å²) in [5.74, 6) is -0.512. The van der Waals surface area contributed by atoms with E-state index >= 15 is 0 Å². The van der Waals surface area contributed by atoms with Crippen LogP contribution in [-0.4, -0.2) is 46.9 Å². The third-order valence-corrected chi connectivity index (χ3v) is 12.6. The average molecular weight is 923 g/mol. The molecule has 6 heteroatoms. The number of hydrogen-bond acceptors (Lipinski definition) is 5. The molecular weight excluding hydrogens is 815 g/mol. The summed E-state index contributed by atoms with van der Waals surface area (Å²) in [5, 5.41) is 23.9. The van der Waals surface area contributed by atoms with Crippen LogP contribution < -0.4 is 5.32 Å². The minimum Gasteiger partial charge on any atom is -0.462 e. The lowest BCUT2D eigenvalue weighted by atomic mass is 10.0. The predicted octanol–water partition coefficient (Wildman–Crippen LogP) is 17.3. The van der Waals surface area contributed by atoms with E-state index in [2.05, 4.69) is 99.0 Å². The van der Waals surface area contributed by atoms with Crippen LogP contribution >= 0.6 is 0 Å². The van der Waals surface area contributed by atoms with E-state index in [4.69, 9.17) is 4.74 Å². The van der Waals surface area contributed by atoms with Gasteiger partial charge < -0.3 is 20.3 Å². The van der Waals surface area contributed by atoms with E-state index in [-0.39, 0.29) is 24.9 Å². The first-order valence-electron chi connectivity index (χ1n) is 28.2. The van der Waals surface area contributed by atoms with Crippen molar-refractivity contribution < 1.29 is 24.5 Å². The van der Waals surface area contributed by atoms with Crippen molar-refractivity contribution in [1.29, 1.82) is 0 Å². The first-order valence-corrected chi connectivity index (χ1v) is 28.2. The van der Waals surface area contributed by atoms with Gasteiger partial charge in [0, 0.05) is 6.42 Å². The molecule has 0 heterocycles. The molecule has 3 N–H and O–H groups in total. The van der Waals surface area contributed by atoms with Crippen LogP contribution in [0.15, 0.2) is 72.9 Å². The maximum Gasteiger partial charge on any atom is 0.306 e. The normalized spacial score (nSPS) is 13.7. The number of carbonyl (C=O) groups excluding carboxylic acids is 2. The summed E-state index contributed by atoms with van der Waals surface area (Å²) in [6.07, 6.45) is 68.2. The molecule has 0 aliphatic heterocycles. The number of unbranched alkanes of at least 4 members (excludes halogenated alkanes) is 29. The summed E-state index contributed by atoms with van der Waals surface area (Å²) in [6.45, 7) is 6.35. The summed E-state index contributed by atoms with van der Waals surface area (Å²) in [7, 11) is 0. The highest BCUT2D eigenvalue weighted by molar-refractivity contribution is 5.77. The van der Waals surface area contributed by atoms with Crippen molar-refractivity contribution in [3.63, 3.8) is 0 Å². The van der Waals surface area contributed by atoms with Crippen LogP contribution in [-0.2, 0) is 14.3 Å². The van der Waals surface area contributed by atoms with Gasteiger partial charge >= 0.3 is 5.97 Å². The monoisotopic (exact) mass is 922 g/mol. The number of allylic oxidation sites excluding steroid dienone is 12. The quantitative estimate of drug-likeness (QED) is 0.0244. The van der Waals surface area contributed by atoms with Gasteiger partial charge in [0.05, 0.1) is 25.2 Å². The lowest BCUT2D eigenvalue weighted by Crippen LogP contribution is -2.46. The molecule has 0 radical (unpaired) electrons. The SMILES string of the molecule is CC/C=C/C/C=C/CCCCCCCC(CC(=O)NC(CO)C(O)CCCCCCCCCCCCCCCCCCC)OC(=O)CCCCCCC/C=C/C=C/C=C/C=C/CCCCC. The Morgan fingerprint density at radius 3 is 1.39 bits per heavy atom. The van der Waals surface area contributed by atoms with Crippen molar-refractivity contribution in [3.8, 4) is 0 Å². The number of aliphatic hydroxyl groups excluding tert-OH is 2. The lowest BCUT2D eigenvalue weighted by Gasteiger charge is -2.24. The summed E-state index contributed by atoms with van der Waals surface area (Å²) in [4.78, 5) is 26.2. The van der Waals surface area contributed by atoms with Crippen LogP contribution in [0.25, 0.3) is 0 Å². The minimum atomic E-state index is -0.799. The van der Waals surface area contributed by atoms with E-state index in [1.165, 1.54) is 116 Å². The zero-order valence-corrected chi connectivity index (χ0v) is 43.6. The first-order chi connectivity index (χ1) is 32.5. The van der Waals surface area contributed by atoms with Gasteiger partial charge in [-0.05, 0) is 77.0 Å². The van der Waals surface area contributed by atoms with Crippen LogP contribution in [0.3, 0.4) is 0 Å². The zero-order chi connectivity index (χ0) is 48.1. The van der Waals surface area contributed by atoms with Crippen molar-refractivity contribution in [2.75, 3.05) is 6.61 Å². The molecule has 6 nitrogen and oxygen atoms in total. The highest BCUT2D eigenvalue weighted by Crippen LogP contribution is 2.18. The van der Waals surface area contributed by atoms with Crippen molar-refractivity contribution >= 4 is 11.9 Å².